The number of halogens is 4. The first-order valence-electron chi connectivity index (χ1n) is 11.1. The van der Waals surface area contributed by atoms with Crippen LogP contribution in [0.25, 0.3) is 0 Å². The van der Waals surface area contributed by atoms with Gasteiger partial charge >= 0.3 is 6.03 Å². The number of hydrogen-bond acceptors (Lipinski definition) is 5. The summed E-state index contributed by atoms with van der Waals surface area (Å²) in [6.07, 6.45) is 0.940. The second-order valence-electron chi connectivity index (χ2n) is 8.41. The molecule has 0 saturated carbocycles. The SMILES string of the molecule is NCCCN1C(=O)N(CCCN)C(=O)C(Cc2ccc(Br)c(Cl)c2)(Cc2ccc(Br)c(Cl)c2)C1=O. The number of nitrogens with zero attached hydrogens (tertiary/aromatic N) is 2. The number of amides is 4. The monoisotopic (exact) mass is 646 g/mol. The van der Waals surface area contributed by atoms with Crippen LogP contribution in [0.5, 0.6) is 0 Å². The molecule has 4 N–H and O–H groups in total. The number of rotatable bonds is 10. The lowest BCUT2D eigenvalue weighted by Gasteiger charge is -2.44. The first-order valence-corrected chi connectivity index (χ1v) is 13.4. The third-order valence-electron chi connectivity index (χ3n) is 5.92. The van der Waals surface area contributed by atoms with E-state index in [4.69, 9.17) is 34.7 Å². The van der Waals surface area contributed by atoms with Gasteiger partial charge in [-0.15, -0.1) is 0 Å². The van der Waals surface area contributed by atoms with Gasteiger partial charge in [0.15, 0.2) is 0 Å². The summed E-state index contributed by atoms with van der Waals surface area (Å²) < 4.78 is 1.39. The lowest BCUT2D eigenvalue weighted by Crippen LogP contribution is -2.67. The van der Waals surface area contributed by atoms with Gasteiger partial charge in [-0.3, -0.25) is 19.4 Å². The molecule has 2 aromatic rings. The summed E-state index contributed by atoms with van der Waals surface area (Å²) in [7, 11) is 0. The van der Waals surface area contributed by atoms with Gasteiger partial charge in [0.2, 0.25) is 11.8 Å². The number of nitrogens with two attached hydrogens (primary N) is 2. The van der Waals surface area contributed by atoms with Gasteiger partial charge in [0.05, 0.1) is 10.0 Å². The molecule has 188 valence electrons. The van der Waals surface area contributed by atoms with Crippen molar-refractivity contribution in [2.75, 3.05) is 26.2 Å². The molecule has 1 aliphatic heterocycles. The normalized spacial score (nSPS) is 15.8. The van der Waals surface area contributed by atoms with Crippen molar-refractivity contribution in [3.63, 3.8) is 0 Å². The van der Waals surface area contributed by atoms with Crippen molar-refractivity contribution in [1.82, 2.24) is 9.80 Å². The molecule has 4 amide bonds. The third-order valence-corrected chi connectivity index (χ3v) is 8.39. The largest absolute Gasteiger partial charge is 0.333 e. The zero-order chi connectivity index (χ0) is 25.8. The molecule has 1 fully saturated rings. The van der Waals surface area contributed by atoms with Crippen LogP contribution in [0, 0.1) is 5.41 Å². The predicted molar refractivity (Wildman–Crippen MR) is 144 cm³/mol. The highest BCUT2D eigenvalue weighted by Gasteiger charge is 2.56. The van der Waals surface area contributed by atoms with Gasteiger partial charge in [-0.25, -0.2) is 4.79 Å². The van der Waals surface area contributed by atoms with Crippen LogP contribution in [0.4, 0.5) is 4.79 Å². The van der Waals surface area contributed by atoms with E-state index in [1.807, 2.05) is 0 Å². The molecule has 0 radical (unpaired) electrons. The molecular weight excluding hydrogens is 623 g/mol. The van der Waals surface area contributed by atoms with Gasteiger partial charge in [0, 0.05) is 22.0 Å². The number of barbiturate groups is 1. The molecule has 1 aliphatic rings. The number of carbonyl (C=O) groups excluding carboxylic acids is 3. The molecule has 35 heavy (non-hydrogen) atoms. The fourth-order valence-corrected chi connectivity index (χ4v) is 5.08. The van der Waals surface area contributed by atoms with E-state index in [0.717, 1.165) is 9.80 Å². The van der Waals surface area contributed by atoms with Crippen molar-refractivity contribution in [3.05, 3.63) is 66.5 Å². The zero-order valence-electron chi connectivity index (χ0n) is 18.9. The fraction of sp³-hybridized carbons (Fsp3) is 0.375. The van der Waals surface area contributed by atoms with Gasteiger partial charge in [-0.1, -0.05) is 35.3 Å². The molecular formula is C24H26Br2Cl2N4O3. The Bertz CT molecular complexity index is 1050. The Balaban J connectivity index is 2.16. The van der Waals surface area contributed by atoms with E-state index >= 15 is 0 Å². The van der Waals surface area contributed by atoms with Crippen molar-refractivity contribution in [2.45, 2.75) is 25.7 Å². The lowest BCUT2D eigenvalue weighted by atomic mass is 9.72. The summed E-state index contributed by atoms with van der Waals surface area (Å²) >= 11 is 19.4. The molecule has 0 unspecified atom stereocenters. The highest BCUT2D eigenvalue weighted by atomic mass is 79.9. The number of carbonyl (C=O) groups is 3. The van der Waals surface area contributed by atoms with Crippen LogP contribution in [0.2, 0.25) is 10.0 Å². The molecule has 0 aromatic heterocycles. The summed E-state index contributed by atoms with van der Waals surface area (Å²) in [4.78, 5) is 43.5. The molecule has 11 heteroatoms. The summed E-state index contributed by atoms with van der Waals surface area (Å²) in [5, 5.41) is 0.909. The Labute approximate surface area is 231 Å². The van der Waals surface area contributed by atoms with Crippen molar-refractivity contribution < 1.29 is 14.4 Å². The minimum Gasteiger partial charge on any atom is -0.330 e. The Morgan fingerprint density at radius 1 is 0.743 bits per heavy atom. The van der Waals surface area contributed by atoms with E-state index in [2.05, 4.69) is 31.9 Å². The van der Waals surface area contributed by atoms with Crippen molar-refractivity contribution >= 4 is 72.9 Å². The van der Waals surface area contributed by atoms with E-state index in [0.29, 0.717) is 56.0 Å². The van der Waals surface area contributed by atoms with Crippen LogP contribution in [-0.4, -0.2) is 53.8 Å². The Morgan fingerprint density at radius 2 is 1.14 bits per heavy atom. The average Bonchev–Trinajstić information content (AvgIpc) is 2.82. The van der Waals surface area contributed by atoms with Crippen LogP contribution in [-0.2, 0) is 22.4 Å². The quantitative estimate of drug-likeness (QED) is 0.361. The van der Waals surface area contributed by atoms with Crippen LogP contribution < -0.4 is 11.5 Å². The van der Waals surface area contributed by atoms with Crippen LogP contribution >= 0.6 is 55.1 Å². The minimum absolute atomic E-state index is 0.0525. The highest BCUT2D eigenvalue weighted by Crippen LogP contribution is 2.39. The van der Waals surface area contributed by atoms with Crippen molar-refractivity contribution in [1.29, 1.82) is 0 Å². The maximum Gasteiger partial charge on any atom is 0.333 e. The first kappa shape index (κ1) is 28.1. The second-order valence-corrected chi connectivity index (χ2v) is 10.9. The van der Waals surface area contributed by atoms with Crippen molar-refractivity contribution in [2.24, 2.45) is 16.9 Å². The van der Waals surface area contributed by atoms with Crippen LogP contribution in [0.15, 0.2) is 45.3 Å². The molecule has 0 bridgehead atoms. The molecule has 3 rings (SSSR count). The standard InChI is InChI=1S/C24H26Br2Cl2N4O3/c25-17-5-3-15(11-19(17)27)13-24(14-16-4-6-18(26)20(28)12-16)21(33)31(9-1-7-29)23(35)32(22(24)34)10-2-8-30/h3-6,11-12H,1-2,7-10,13-14,29-30H2. The molecule has 0 spiro atoms. The highest BCUT2D eigenvalue weighted by molar-refractivity contribution is 9.10. The maximum atomic E-state index is 14.0. The van der Waals surface area contributed by atoms with Crippen molar-refractivity contribution in [3.8, 4) is 0 Å². The third kappa shape index (κ3) is 6.09. The number of urea groups is 1. The Hall–Kier alpha value is -1.49. The minimum atomic E-state index is -1.58. The summed E-state index contributed by atoms with van der Waals surface area (Å²) in [6.45, 7) is 0.825. The fourth-order valence-electron chi connectivity index (χ4n) is 4.18. The Morgan fingerprint density at radius 3 is 1.49 bits per heavy atom. The topological polar surface area (TPSA) is 110 Å². The van der Waals surface area contributed by atoms with E-state index in [9.17, 15) is 14.4 Å². The zero-order valence-corrected chi connectivity index (χ0v) is 23.6. The maximum absolute atomic E-state index is 14.0. The van der Waals surface area contributed by atoms with E-state index in [-0.39, 0.29) is 25.9 Å². The van der Waals surface area contributed by atoms with Gasteiger partial charge in [-0.2, -0.15) is 0 Å². The van der Waals surface area contributed by atoms with Crippen LogP contribution in [0.1, 0.15) is 24.0 Å². The molecule has 7 nitrogen and oxygen atoms in total. The summed E-state index contributed by atoms with van der Waals surface area (Å²) in [5.41, 5.74) is 11.1. The molecule has 1 heterocycles. The van der Waals surface area contributed by atoms with Gasteiger partial charge in [0.1, 0.15) is 5.41 Å². The van der Waals surface area contributed by atoms with E-state index in [1.165, 1.54) is 0 Å². The van der Waals surface area contributed by atoms with Gasteiger partial charge < -0.3 is 11.5 Å². The van der Waals surface area contributed by atoms with Crippen LogP contribution in [0.3, 0.4) is 0 Å². The Kier molecular flexibility index (Phi) is 9.76. The van der Waals surface area contributed by atoms with E-state index in [1.54, 1.807) is 36.4 Å². The van der Waals surface area contributed by atoms with Gasteiger partial charge in [-0.05, 0) is 106 Å². The number of hydrogen-bond donors (Lipinski definition) is 2. The molecule has 1 saturated heterocycles. The summed E-state index contributed by atoms with van der Waals surface area (Å²) in [6, 6.07) is 9.93. The number of benzene rings is 2. The van der Waals surface area contributed by atoms with Gasteiger partial charge in [0.25, 0.3) is 0 Å². The lowest BCUT2D eigenvalue weighted by molar-refractivity contribution is -0.159. The average molecular weight is 649 g/mol. The predicted octanol–water partition coefficient (Wildman–Crippen LogP) is 4.78. The molecule has 0 atom stereocenters. The molecule has 2 aromatic carbocycles. The smallest absolute Gasteiger partial charge is 0.330 e. The summed E-state index contributed by atoms with van der Waals surface area (Å²) in [5.74, 6) is -1.11. The van der Waals surface area contributed by atoms with E-state index < -0.39 is 23.3 Å². The first-order chi connectivity index (χ1) is 16.6. The molecule has 0 aliphatic carbocycles. The number of imide groups is 2. The second kappa shape index (κ2) is 12.2.